The van der Waals surface area contributed by atoms with Crippen molar-refractivity contribution in [3.8, 4) is 0 Å². The van der Waals surface area contributed by atoms with E-state index in [2.05, 4.69) is 13.8 Å². The van der Waals surface area contributed by atoms with Gasteiger partial charge in [0.25, 0.3) is 10.1 Å². The van der Waals surface area contributed by atoms with Crippen LogP contribution in [0.4, 0.5) is 0 Å². The molecule has 1 aromatic rings. The maximum Gasteiger partial charge on any atom is 0.296 e. The smallest absolute Gasteiger partial charge is 0.296 e. The summed E-state index contributed by atoms with van der Waals surface area (Å²) in [6.07, 6.45) is 6.21. The lowest BCUT2D eigenvalue weighted by Gasteiger charge is -2.46. The fraction of sp³-hybridized carbons (Fsp3) is 0.769. The molecule has 3 rings (SSSR count). The first-order valence-electron chi connectivity index (χ1n) is 12.2. The highest BCUT2D eigenvalue weighted by Crippen LogP contribution is 2.58. The first kappa shape index (κ1) is 25.7. The summed E-state index contributed by atoms with van der Waals surface area (Å²) in [5.74, 6) is 1.00. The molecule has 0 amide bonds. The van der Waals surface area contributed by atoms with Crippen LogP contribution in [0.25, 0.3) is 0 Å². The third-order valence-corrected chi connectivity index (χ3v) is 9.71. The van der Waals surface area contributed by atoms with Gasteiger partial charge in [0, 0.05) is 0 Å². The molecule has 2 aliphatic rings. The Morgan fingerprint density at radius 1 is 1.19 bits per heavy atom. The van der Waals surface area contributed by atoms with E-state index in [1.807, 2.05) is 6.92 Å². The van der Waals surface area contributed by atoms with Crippen LogP contribution in [0.3, 0.4) is 0 Å². The summed E-state index contributed by atoms with van der Waals surface area (Å²) in [7, 11) is -3.83. The molecule has 0 aliphatic heterocycles. The Hall–Kier alpha value is -0.950. The number of fused-ring (bicyclic) bond motifs is 1. The van der Waals surface area contributed by atoms with Crippen LogP contribution in [0.15, 0.2) is 29.2 Å². The predicted octanol–water partition coefficient (Wildman–Crippen LogP) is 5.08. The van der Waals surface area contributed by atoms with Crippen LogP contribution in [0.5, 0.6) is 0 Å². The van der Waals surface area contributed by atoms with Crippen molar-refractivity contribution < 1.29 is 22.8 Å². The summed E-state index contributed by atoms with van der Waals surface area (Å²) in [4.78, 5) is 0.181. The number of hydrogen-bond donors (Lipinski definition) is 2. The zero-order valence-corrected chi connectivity index (χ0v) is 21.2. The van der Waals surface area contributed by atoms with E-state index in [1.165, 1.54) is 0 Å². The fourth-order valence-electron chi connectivity index (χ4n) is 6.37. The van der Waals surface area contributed by atoms with E-state index in [4.69, 9.17) is 4.18 Å². The van der Waals surface area contributed by atoms with Gasteiger partial charge in [0.05, 0.1) is 23.2 Å². The quantitative estimate of drug-likeness (QED) is 0.496. The molecule has 0 bridgehead atoms. The minimum absolute atomic E-state index is 0.0151. The zero-order valence-electron chi connectivity index (χ0n) is 20.4. The molecule has 32 heavy (non-hydrogen) atoms. The van der Waals surface area contributed by atoms with Gasteiger partial charge in [-0.15, -0.1) is 0 Å². The van der Waals surface area contributed by atoms with E-state index in [0.717, 1.165) is 37.7 Å². The second kappa shape index (κ2) is 9.73. The van der Waals surface area contributed by atoms with Gasteiger partial charge in [-0.05, 0) is 101 Å². The van der Waals surface area contributed by atoms with E-state index in [9.17, 15) is 18.6 Å². The fourth-order valence-corrected chi connectivity index (χ4v) is 7.33. The summed E-state index contributed by atoms with van der Waals surface area (Å²) in [5.41, 5.74) is 0.274. The van der Waals surface area contributed by atoms with E-state index in [1.54, 1.807) is 38.1 Å². The van der Waals surface area contributed by atoms with Crippen molar-refractivity contribution in [3.05, 3.63) is 29.8 Å². The number of rotatable bonds is 9. The predicted molar refractivity (Wildman–Crippen MR) is 127 cm³/mol. The topological polar surface area (TPSA) is 83.8 Å². The number of benzene rings is 1. The summed E-state index contributed by atoms with van der Waals surface area (Å²) >= 11 is 0. The molecule has 0 radical (unpaired) electrons. The highest BCUT2D eigenvalue weighted by atomic mass is 32.2. The molecular weight excluding hydrogens is 424 g/mol. The molecule has 0 heterocycles. The Morgan fingerprint density at radius 2 is 1.84 bits per heavy atom. The Bertz CT molecular complexity index is 857. The molecule has 0 saturated heterocycles. The molecular formula is C26H42O5S. The number of aliphatic hydroxyl groups is 2. The van der Waals surface area contributed by atoms with Crippen LogP contribution in [0.1, 0.15) is 78.2 Å². The summed E-state index contributed by atoms with van der Waals surface area (Å²) in [5, 5.41) is 20.9. The first-order chi connectivity index (χ1) is 14.8. The molecule has 5 nitrogen and oxygen atoms in total. The largest absolute Gasteiger partial charge is 0.393 e. The SMILES string of the molecule is Cc1ccc(S(=O)(=O)OC[C@@H](CCC(C)(C)O)[C@@H](C)[C@H]2CC[C@H]3[C@@H](O)CCC[C@]23C)cc1. The molecule has 0 aromatic heterocycles. The monoisotopic (exact) mass is 466 g/mol. The molecule has 6 atom stereocenters. The normalized spacial score (nSPS) is 30.7. The van der Waals surface area contributed by atoms with Crippen molar-refractivity contribution >= 4 is 10.1 Å². The van der Waals surface area contributed by atoms with Crippen molar-refractivity contribution in [1.29, 1.82) is 0 Å². The molecule has 182 valence electrons. The molecule has 0 unspecified atom stereocenters. The van der Waals surface area contributed by atoms with Crippen LogP contribution in [0.2, 0.25) is 0 Å². The van der Waals surface area contributed by atoms with Crippen molar-refractivity contribution in [2.24, 2.45) is 29.1 Å². The zero-order chi connectivity index (χ0) is 23.7. The van der Waals surface area contributed by atoms with Gasteiger partial charge >= 0.3 is 0 Å². The molecule has 2 fully saturated rings. The number of hydrogen-bond acceptors (Lipinski definition) is 5. The molecule has 2 N–H and O–H groups in total. The molecule has 2 aliphatic carbocycles. The minimum atomic E-state index is -3.83. The minimum Gasteiger partial charge on any atom is -0.393 e. The first-order valence-corrected chi connectivity index (χ1v) is 13.6. The van der Waals surface area contributed by atoms with Gasteiger partial charge in [-0.2, -0.15) is 8.42 Å². The standard InChI is InChI=1S/C26H42O5S/c1-18-8-10-21(11-9-18)32(29,30)31-17-20(14-16-25(3,4)28)19(2)22-12-13-23-24(27)7-6-15-26(22,23)5/h8-11,19-20,22-24,27-28H,6-7,12-17H2,1-5H3/t19-,20-,22-,23+,24+,26-/m1/s1. The van der Waals surface area contributed by atoms with Crippen LogP contribution >= 0.6 is 0 Å². The summed E-state index contributed by atoms with van der Waals surface area (Å²) < 4.78 is 31.2. The lowest BCUT2D eigenvalue weighted by atomic mass is 9.60. The van der Waals surface area contributed by atoms with Gasteiger partial charge in [-0.1, -0.05) is 38.0 Å². The lowest BCUT2D eigenvalue weighted by molar-refractivity contribution is -0.0374. The second-order valence-electron chi connectivity index (χ2n) is 11.3. The third kappa shape index (κ3) is 5.75. The van der Waals surface area contributed by atoms with Gasteiger partial charge in [0.2, 0.25) is 0 Å². The lowest BCUT2D eigenvalue weighted by Crippen LogP contribution is -2.43. The average Bonchev–Trinajstić information content (AvgIpc) is 3.05. The maximum atomic E-state index is 12.8. The highest BCUT2D eigenvalue weighted by Gasteiger charge is 2.53. The van der Waals surface area contributed by atoms with Crippen molar-refractivity contribution in [2.75, 3.05) is 6.61 Å². The van der Waals surface area contributed by atoms with Crippen LogP contribution in [-0.4, -0.2) is 36.9 Å². The van der Waals surface area contributed by atoms with Crippen molar-refractivity contribution in [3.63, 3.8) is 0 Å². The van der Waals surface area contributed by atoms with E-state index < -0.39 is 15.7 Å². The summed E-state index contributed by atoms with van der Waals surface area (Å²) in [6.45, 7) is 10.2. The Morgan fingerprint density at radius 3 is 2.47 bits per heavy atom. The molecule has 1 aromatic carbocycles. The number of aryl methyl sites for hydroxylation is 1. The van der Waals surface area contributed by atoms with Crippen LogP contribution in [0, 0.1) is 36.0 Å². The number of aliphatic hydroxyl groups excluding tert-OH is 1. The van der Waals surface area contributed by atoms with Crippen LogP contribution in [-0.2, 0) is 14.3 Å². The van der Waals surface area contributed by atoms with Gasteiger partial charge in [0.1, 0.15) is 0 Å². The van der Waals surface area contributed by atoms with E-state index >= 15 is 0 Å². The molecule has 2 saturated carbocycles. The van der Waals surface area contributed by atoms with Gasteiger partial charge < -0.3 is 10.2 Å². The van der Waals surface area contributed by atoms with E-state index in [-0.39, 0.29) is 34.9 Å². The van der Waals surface area contributed by atoms with Crippen molar-refractivity contribution in [1.82, 2.24) is 0 Å². The Kier molecular flexibility index (Phi) is 7.81. The third-order valence-electron chi connectivity index (χ3n) is 8.41. The summed E-state index contributed by atoms with van der Waals surface area (Å²) in [6, 6.07) is 6.73. The van der Waals surface area contributed by atoms with Crippen molar-refractivity contribution in [2.45, 2.75) is 96.2 Å². The van der Waals surface area contributed by atoms with Gasteiger partial charge in [0.15, 0.2) is 0 Å². The van der Waals surface area contributed by atoms with Crippen LogP contribution < -0.4 is 0 Å². The average molecular weight is 467 g/mol. The second-order valence-corrected chi connectivity index (χ2v) is 12.9. The Labute approximate surface area is 194 Å². The highest BCUT2D eigenvalue weighted by molar-refractivity contribution is 7.86. The van der Waals surface area contributed by atoms with Gasteiger partial charge in [-0.25, -0.2) is 0 Å². The maximum absolute atomic E-state index is 12.8. The van der Waals surface area contributed by atoms with Gasteiger partial charge in [-0.3, -0.25) is 4.18 Å². The van der Waals surface area contributed by atoms with E-state index in [0.29, 0.717) is 24.7 Å². The Balaban J connectivity index is 1.77. The molecule has 0 spiro atoms. The molecule has 6 heteroatoms.